The van der Waals surface area contributed by atoms with Crippen molar-refractivity contribution < 1.29 is 9.59 Å². The van der Waals surface area contributed by atoms with Gasteiger partial charge in [0, 0.05) is 18.4 Å². The average molecular weight is 441 g/mol. The van der Waals surface area contributed by atoms with Crippen molar-refractivity contribution in [2.75, 3.05) is 5.32 Å². The second-order valence-corrected chi connectivity index (χ2v) is 7.76. The largest absolute Gasteiger partial charge is 0.348 e. The van der Waals surface area contributed by atoms with Gasteiger partial charge in [-0.1, -0.05) is 54.1 Å². The highest BCUT2D eigenvalue weighted by Crippen LogP contribution is 2.16. The van der Waals surface area contributed by atoms with Gasteiger partial charge in [0.1, 0.15) is 0 Å². The zero-order valence-electron chi connectivity index (χ0n) is 18.2. The third-order valence-electron chi connectivity index (χ3n) is 5.33. The summed E-state index contributed by atoms with van der Waals surface area (Å²) in [7, 11) is 0. The van der Waals surface area contributed by atoms with E-state index in [4.69, 9.17) is 0 Å². The Morgan fingerprint density at radius 3 is 2.48 bits per heavy atom. The van der Waals surface area contributed by atoms with Crippen molar-refractivity contribution in [2.45, 2.75) is 26.4 Å². The molecule has 1 aromatic heterocycles. The predicted molar refractivity (Wildman–Crippen MR) is 128 cm³/mol. The Balaban J connectivity index is 1.41. The van der Waals surface area contributed by atoms with Gasteiger partial charge in [0.15, 0.2) is 0 Å². The van der Waals surface area contributed by atoms with Gasteiger partial charge < -0.3 is 10.6 Å². The van der Waals surface area contributed by atoms with Crippen LogP contribution >= 0.6 is 0 Å². The minimum absolute atomic E-state index is 0.138. The quantitative estimate of drug-likeness (QED) is 0.459. The van der Waals surface area contributed by atoms with Gasteiger partial charge in [0.25, 0.3) is 5.91 Å². The number of amides is 2. The lowest BCUT2D eigenvalue weighted by atomic mass is 10.1. The van der Waals surface area contributed by atoms with Gasteiger partial charge in [-0.2, -0.15) is 5.10 Å². The molecule has 0 saturated carbocycles. The van der Waals surface area contributed by atoms with Crippen LogP contribution in [0.5, 0.6) is 0 Å². The number of rotatable bonds is 7. The molecule has 2 amide bonds. The van der Waals surface area contributed by atoms with Gasteiger partial charge in [-0.05, 0) is 36.8 Å². The number of fused-ring (bicyclic) bond motifs is 1. The van der Waals surface area contributed by atoms with E-state index < -0.39 is 0 Å². The summed E-state index contributed by atoms with van der Waals surface area (Å²) in [5, 5.41) is 10.4. The van der Waals surface area contributed by atoms with E-state index in [1.54, 1.807) is 47.1 Å². The van der Waals surface area contributed by atoms with E-state index in [1.165, 1.54) is 6.20 Å². The summed E-state index contributed by atoms with van der Waals surface area (Å²) >= 11 is 0. The Labute approximate surface area is 191 Å². The first kappa shape index (κ1) is 22.0. The first-order valence-corrected chi connectivity index (χ1v) is 10.7. The molecule has 7 nitrogen and oxygen atoms in total. The molecule has 0 radical (unpaired) electrons. The number of hydrogen-bond donors (Lipinski definition) is 2. The summed E-state index contributed by atoms with van der Waals surface area (Å²) in [5.41, 5.74) is 3.51. The molecule has 0 atom stereocenters. The van der Waals surface area contributed by atoms with Gasteiger partial charge in [-0.15, -0.1) is 0 Å². The summed E-state index contributed by atoms with van der Waals surface area (Å²) in [5.74, 6) is -0.516. The summed E-state index contributed by atoms with van der Waals surface area (Å²) in [6.07, 6.45) is 1.40. The van der Waals surface area contributed by atoms with E-state index in [2.05, 4.69) is 15.7 Å². The van der Waals surface area contributed by atoms with Gasteiger partial charge in [0.2, 0.25) is 11.3 Å². The molecule has 0 aliphatic carbocycles. The van der Waals surface area contributed by atoms with E-state index in [1.807, 2.05) is 37.3 Å². The predicted octanol–water partition coefficient (Wildman–Crippen LogP) is 3.66. The topological polar surface area (TPSA) is 93.1 Å². The van der Waals surface area contributed by atoms with Crippen LogP contribution in [-0.2, 0) is 17.9 Å². The lowest BCUT2D eigenvalue weighted by Gasteiger charge is -2.13. The van der Waals surface area contributed by atoms with Crippen LogP contribution in [-0.4, -0.2) is 21.6 Å². The normalized spacial score (nSPS) is 10.7. The molecule has 0 aliphatic rings. The lowest BCUT2D eigenvalue weighted by Crippen LogP contribution is -2.25. The van der Waals surface area contributed by atoms with Crippen molar-refractivity contribution >= 4 is 28.4 Å². The van der Waals surface area contributed by atoms with Gasteiger partial charge in [-0.25, -0.2) is 0 Å². The minimum Gasteiger partial charge on any atom is -0.348 e. The number of anilines is 1. The smallest absolute Gasteiger partial charge is 0.253 e. The second kappa shape index (κ2) is 9.91. The fraction of sp³-hybridized carbons (Fsp3) is 0.154. The SMILES string of the molecule is Cc1ccc(CNC(=O)c2ccccc2NC(=O)CCn2ncc(=O)c3ccccc32)cc1. The number of aryl methyl sites for hydroxylation is 2. The maximum Gasteiger partial charge on any atom is 0.253 e. The number of para-hydroxylation sites is 2. The Kier molecular flexibility index (Phi) is 6.59. The Morgan fingerprint density at radius 1 is 0.939 bits per heavy atom. The fourth-order valence-electron chi connectivity index (χ4n) is 3.53. The number of nitrogens with one attached hydrogen (secondary N) is 2. The number of nitrogens with zero attached hydrogens (tertiary/aromatic N) is 2. The first-order chi connectivity index (χ1) is 16.0. The van der Waals surface area contributed by atoms with E-state index in [0.29, 0.717) is 35.2 Å². The number of benzene rings is 3. The molecule has 4 aromatic rings. The van der Waals surface area contributed by atoms with E-state index in [9.17, 15) is 14.4 Å². The van der Waals surface area contributed by atoms with Crippen LogP contribution in [0.2, 0.25) is 0 Å². The van der Waals surface area contributed by atoms with Crippen molar-refractivity contribution in [3.05, 3.63) is 106 Å². The summed E-state index contributed by atoms with van der Waals surface area (Å²) in [6.45, 7) is 2.71. The number of carbonyl (C=O) groups is 2. The van der Waals surface area contributed by atoms with Crippen molar-refractivity contribution in [3.63, 3.8) is 0 Å². The minimum atomic E-state index is -0.264. The van der Waals surface area contributed by atoms with E-state index in [-0.39, 0.29) is 23.7 Å². The number of carbonyl (C=O) groups excluding carboxylic acids is 2. The molecule has 0 fully saturated rings. The van der Waals surface area contributed by atoms with Crippen LogP contribution < -0.4 is 16.1 Å². The molecule has 0 bridgehead atoms. The van der Waals surface area contributed by atoms with Crippen LogP contribution in [0.3, 0.4) is 0 Å². The third kappa shape index (κ3) is 5.33. The molecule has 2 N–H and O–H groups in total. The molecule has 0 spiro atoms. The molecule has 7 heteroatoms. The molecule has 33 heavy (non-hydrogen) atoms. The highest BCUT2D eigenvalue weighted by atomic mass is 16.2. The summed E-state index contributed by atoms with van der Waals surface area (Å²) in [6, 6.07) is 22.0. The molecule has 0 unspecified atom stereocenters. The van der Waals surface area contributed by atoms with Crippen molar-refractivity contribution in [3.8, 4) is 0 Å². The molecular formula is C26H24N4O3. The maximum absolute atomic E-state index is 12.7. The molecule has 0 saturated heterocycles. The van der Waals surface area contributed by atoms with Crippen molar-refractivity contribution in [2.24, 2.45) is 0 Å². The van der Waals surface area contributed by atoms with Gasteiger partial charge in [-0.3, -0.25) is 19.1 Å². The molecule has 4 rings (SSSR count). The number of hydrogen-bond acceptors (Lipinski definition) is 4. The molecule has 166 valence electrons. The van der Waals surface area contributed by atoms with Gasteiger partial charge >= 0.3 is 0 Å². The Hall–Kier alpha value is -4.26. The van der Waals surface area contributed by atoms with Gasteiger partial charge in [0.05, 0.1) is 29.5 Å². The third-order valence-corrected chi connectivity index (χ3v) is 5.33. The second-order valence-electron chi connectivity index (χ2n) is 7.76. The van der Waals surface area contributed by atoms with Crippen LogP contribution in [0.15, 0.2) is 83.8 Å². The average Bonchev–Trinajstić information content (AvgIpc) is 2.83. The van der Waals surface area contributed by atoms with E-state index >= 15 is 0 Å². The van der Waals surface area contributed by atoms with Crippen LogP contribution in [0.1, 0.15) is 27.9 Å². The zero-order valence-corrected chi connectivity index (χ0v) is 18.2. The molecule has 0 aliphatic heterocycles. The number of aromatic nitrogens is 2. The Bertz CT molecular complexity index is 1360. The van der Waals surface area contributed by atoms with E-state index in [0.717, 1.165) is 11.1 Å². The monoisotopic (exact) mass is 440 g/mol. The standard InChI is InChI=1S/C26H24N4O3/c1-18-10-12-19(13-11-18)16-27-26(33)20-6-2-4-8-22(20)29-25(32)14-15-30-23-9-5-3-7-21(23)24(31)17-28-30/h2-13,17H,14-16H2,1H3,(H,27,33)(H,29,32). The van der Waals surface area contributed by atoms with Crippen LogP contribution in [0.25, 0.3) is 10.9 Å². The highest BCUT2D eigenvalue weighted by molar-refractivity contribution is 6.03. The molecule has 1 heterocycles. The molecule has 3 aromatic carbocycles. The van der Waals surface area contributed by atoms with Crippen molar-refractivity contribution in [1.82, 2.24) is 15.1 Å². The first-order valence-electron chi connectivity index (χ1n) is 10.7. The molecular weight excluding hydrogens is 416 g/mol. The van der Waals surface area contributed by atoms with Crippen molar-refractivity contribution in [1.29, 1.82) is 0 Å². The summed E-state index contributed by atoms with van der Waals surface area (Å²) < 4.78 is 1.64. The van der Waals surface area contributed by atoms with Crippen LogP contribution in [0, 0.1) is 6.92 Å². The Morgan fingerprint density at radius 2 is 1.67 bits per heavy atom. The summed E-state index contributed by atoms with van der Waals surface area (Å²) in [4.78, 5) is 37.3. The fourth-order valence-corrected chi connectivity index (χ4v) is 3.53. The highest BCUT2D eigenvalue weighted by Gasteiger charge is 2.13. The maximum atomic E-state index is 12.7. The van der Waals surface area contributed by atoms with Crippen LogP contribution in [0.4, 0.5) is 5.69 Å². The lowest BCUT2D eigenvalue weighted by molar-refractivity contribution is -0.116. The zero-order chi connectivity index (χ0) is 23.2.